The molecule has 0 saturated carbocycles. The van der Waals surface area contributed by atoms with Gasteiger partial charge in [-0.25, -0.2) is 12.7 Å². The molecule has 1 saturated heterocycles. The van der Waals surface area contributed by atoms with E-state index >= 15 is 0 Å². The van der Waals surface area contributed by atoms with Gasteiger partial charge in [-0.2, -0.15) is 0 Å². The number of likely N-dealkylation sites (tertiary alicyclic amines) is 1. The maximum atomic E-state index is 12.3. The molecule has 1 fully saturated rings. The predicted octanol–water partition coefficient (Wildman–Crippen LogP) is 2.14. The molecule has 1 aliphatic heterocycles. The van der Waals surface area contributed by atoms with Crippen LogP contribution in [0.25, 0.3) is 0 Å². The summed E-state index contributed by atoms with van der Waals surface area (Å²) in [6, 6.07) is 3.59. The molecule has 0 spiro atoms. The molecular weight excluding hydrogens is 358 g/mol. The quantitative estimate of drug-likeness (QED) is 0.705. The summed E-state index contributed by atoms with van der Waals surface area (Å²) in [4.78, 5) is 14.5. The first kappa shape index (κ1) is 20.4. The first-order valence-electron chi connectivity index (χ1n) is 8.95. The summed E-state index contributed by atoms with van der Waals surface area (Å²) in [7, 11) is -1.85. The zero-order chi connectivity index (χ0) is 18.3. The summed E-state index contributed by atoms with van der Waals surface area (Å²) in [5, 5.41) is 4.84. The minimum atomic E-state index is -3.42. The van der Waals surface area contributed by atoms with Crippen LogP contribution >= 0.6 is 11.3 Å². The first-order chi connectivity index (χ1) is 11.9. The Balaban J connectivity index is 1.67. The van der Waals surface area contributed by atoms with Crippen LogP contribution in [-0.2, 0) is 14.8 Å². The molecule has 25 heavy (non-hydrogen) atoms. The number of hydrogen-bond donors (Lipinski definition) is 1. The Labute approximate surface area is 155 Å². The molecule has 1 aromatic heterocycles. The lowest BCUT2D eigenvalue weighted by Crippen LogP contribution is -2.44. The number of rotatable bonds is 9. The van der Waals surface area contributed by atoms with E-state index in [1.165, 1.54) is 22.1 Å². The lowest BCUT2D eigenvalue weighted by Gasteiger charge is -2.32. The molecule has 1 N–H and O–H groups in total. The van der Waals surface area contributed by atoms with E-state index in [0.29, 0.717) is 23.6 Å². The summed E-state index contributed by atoms with van der Waals surface area (Å²) in [6.07, 6.45) is 4.05. The van der Waals surface area contributed by atoms with Crippen molar-refractivity contribution in [2.45, 2.75) is 49.3 Å². The minimum absolute atomic E-state index is 0.0239. The molecule has 8 heteroatoms. The molecular formula is C17H29N3O3S2. The molecule has 1 amide bonds. The Morgan fingerprint density at radius 2 is 2.12 bits per heavy atom. The van der Waals surface area contributed by atoms with Crippen molar-refractivity contribution in [3.8, 4) is 0 Å². The number of carbonyl (C=O) groups is 1. The smallest absolute Gasteiger partial charge is 0.252 e. The van der Waals surface area contributed by atoms with Crippen molar-refractivity contribution in [2.24, 2.45) is 0 Å². The van der Waals surface area contributed by atoms with E-state index in [-0.39, 0.29) is 11.9 Å². The van der Waals surface area contributed by atoms with Crippen molar-refractivity contribution in [2.75, 3.05) is 33.2 Å². The zero-order valence-electron chi connectivity index (χ0n) is 15.1. The van der Waals surface area contributed by atoms with Gasteiger partial charge in [0.15, 0.2) is 0 Å². The van der Waals surface area contributed by atoms with Crippen LogP contribution < -0.4 is 5.32 Å². The number of piperidine rings is 1. The zero-order valence-corrected chi connectivity index (χ0v) is 16.7. The van der Waals surface area contributed by atoms with Crippen molar-refractivity contribution in [3.05, 3.63) is 17.5 Å². The van der Waals surface area contributed by atoms with Crippen LogP contribution in [0.2, 0.25) is 0 Å². The molecule has 142 valence electrons. The number of nitrogens with zero attached hydrogens (tertiary/aromatic N) is 2. The van der Waals surface area contributed by atoms with Gasteiger partial charge in [0.1, 0.15) is 4.21 Å². The number of nitrogens with one attached hydrogen (secondary N) is 1. The van der Waals surface area contributed by atoms with E-state index in [0.717, 1.165) is 32.5 Å². The van der Waals surface area contributed by atoms with Crippen molar-refractivity contribution in [1.82, 2.24) is 14.5 Å². The molecule has 0 bridgehead atoms. The van der Waals surface area contributed by atoms with Crippen molar-refractivity contribution >= 4 is 27.3 Å². The lowest BCUT2D eigenvalue weighted by atomic mass is 10.0. The second-order valence-corrected chi connectivity index (χ2v) is 9.77. The normalized spacial score (nSPS) is 17.1. The van der Waals surface area contributed by atoms with E-state index in [4.69, 9.17) is 0 Å². The molecule has 0 unspecified atom stereocenters. The van der Waals surface area contributed by atoms with Gasteiger partial charge in [-0.3, -0.25) is 4.79 Å². The molecule has 0 radical (unpaired) electrons. The van der Waals surface area contributed by atoms with Gasteiger partial charge in [0.25, 0.3) is 10.0 Å². The number of thiophene rings is 1. The van der Waals surface area contributed by atoms with Gasteiger partial charge < -0.3 is 10.2 Å². The first-order valence-corrected chi connectivity index (χ1v) is 11.3. The van der Waals surface area contributed by atoms with E-state index in [1.54, 1.807) is 24.6 Å². The van der Waals surface area contributed by atoms with Gasteiger partial charge in [-0.1, -0.05) is 13.0 Å². The van der Waals surface area contributed by atoms with E-state index < -0.39 is 10.0 Å². The number of hydrogen-bond acceptors (Lipinski definition) is 5. The molecule has 0 aliphatic carbocycles. The Morgan fingerprint density at radius 3 is 2.72 bits per heavy atom. The van der Waals surface area contributed by atoms with Crippen LogP contribution in [0.15, 0.2) is 21.7 Å². The predicted molar refractivity (Wildman–Crippen MR) is 101 cm³/mol. The number of sulfonamides is 1. The lowest BCUT2D eigenvalue weighted by molar-refractivity contribution is -0.122. The van der Waals surface area contributed by atoms with Crippen LogP contribution in [0, 0.1) is 0 Å². The Kier molecular flexibility index (Phi) is 7.86. The van der Waals surface area contributed by atoms with Crippen LogP contribution in [0.4, 0.5) is 0 Å². The summed E-state index contributed by atoms with van der Waals surface area (Å²) >= 11 is 1.21. The summed E-state index contributed by atoms with van der Waals surface area (Å²) in [6.45, 7) is 5.75. The highest BCUT2D eigenvalue weighted by molar-refractivity contribution is 7.91. The van der Waals surface area contributed by atoms with E-state index in [1.807, 2.05) is 0 Å². The maximum Gasteiger partial charge on any atom is 0.252 e. The Morgan fingerprint density at radius 1 is 1.40 bits per heavy atom. The monoisotopic (exact) mass is 387 g/mol. The van der Waals surface area contributed by atoms with Crippen LogP contribution in [0.5, 0.6) is 0 Å². The largest absolute Gasteiger partial charge is 0.353 e. The topological polar surface area (TPSA) is 69.7 Å². The fourth-order valence-corrected chi connectivity index (χ4v) is 5.47. The van der Waals surface area contributed by atoms with Crippen LogP contribution in [0.1, 0.15) is 39.0 Å². The van der Waals surface area contributed by atoms with E-state index in [2.05, 4.69) is 17.1 Å². The summed E-state index contributed by atoms with van der Waals surface area (Å²) in [5.41, 5.74) is 0. The van der Waals surface area contributed by atoms with E-state index in [9.17, 15) is 13.2 Å². The average molecular weight is 388 g/mol. The fourth-order valence-electron chi connectivity index (χ4n) is 3.06. The van der Waals surface area contributed by atoms with Crippen LogP contribution in [0.3, 0.4) is 0 Å². The van der Waals surface area contributed by atoms with Gasteiger partial charge >= 0.3 is 0 Å². The molecule has 0 aromatic carbocycles. The molecule has 1 aromatic rings. The highest BCUT2D eigenvalue weighted by Gasteiger charge is 2.22. The van der Waals surface area contributed by atoms with Gasteiger partial charge in [0, 0.05) is 39.1 Å². The highest BCUT2D eigenvalue weighted by Crippen LogP contribution is 2.20. The second kappa shape index (κ2) is 9.66. The second-order valence-electron chi connectivity index (χ2n) is 6.55. The third-order valence-corrected chi connectivity index (χ3v) is 7.76. The summed E-state index contributed by atoms with van der Waals surface area (Å²) < 4.78 is 26.3. The van der Waals surface area contributed by atoms with Gasteiger partial charge in [0.05, 0.1) is 0 Å². The number of amides is 1. The SMILES string of the molecule is CCCN1CCC(NC(=O)CCCN(C)S(=O)(=O)c2cccs2)CC1. The summed E-state index contributed by atoms with van der Waals surface area (Å²) in [5.74, 6) is 0.0239. The molecule has 6 nitrogen and oxygen atoms in total. The van der Waals surface area contributed by atoms with Gasteiger partial charge in [-0.05, 0) is 43.7 Å². The third-order valence-electron chi connectivity index (χ3n) is 4.53. The minimum Gasteiger partial charge on any atom is -0.353 e. The molecule has 2 rings (SSSR count). The van der Waals surface area contributed by atoms with Gasteiger partial charge in [0.2, 0.25) is 5.91 Å². The molecule has 0 atom stereocenters. The number of carbonyl (C=O) groups excluding carboxylic acids is 1. The van der Waals surface area contributed by atoms with Crippen molar-refractivity contribution < 1.29 is 13.2 Å². The maximum absolute atomic E-state index is 12.3. The Bertz CT molecular complexity index is 624. The average Bonchev–Trinajstić information content (AvgIpc) is 3.12. The van der Waals surface area contributed by atoms with Gasteiger partial charge in [-0.15, -0.1) is 11.3 Å². The fraction of sp³-hybridized carbons (Fsp3) is 0.706. The van der Waals surface area contributed by atoms with Crippen molar-refractivity contribution in [1.29, 1.82) is 0 Å². The standard InChI is InChI=1S/C17H29N3O3S2/c1-3-10-20-12-8-15(9-13-20)18-16(21)6-4-11-19(2)25(22,23)17-7-5-14-24-17/h5,7,14-15H,3-4,6,8-13H2,1-2H3,(H,18,21). The van der Waals surface area contributed by atoms with Crippen LogP contribution in [-0.4, -0.2) is 62.8 Å². The molecule has 2 heterocycles. The third kappa shape index (κ3) is 6.06. The molecule has 1 aliphatic rings. The Hall–Kier alpha value is -0.960. The highest BCUT2D eigenvalue weighted by atomic mass is 32.2. The van der Waals surface area contributed by atoms with Crippen molar-refractivity contribution in [3.63, 3.8) is 0 Å².